The molecule has 0 radical (unpaired) electrons. The molecule has 0 aliphatic rings. The molecule has 1 rings (SSSR count). The van der Waals surface area contributed by atoms with Crippen LogP contribution in [0.2, 0.25) is 0 Å². The smallest absolute Gasteiger partial charge is 0.342 e. The molecule has 0 heterocycles. The van der Waals surface area contributed by atoms with E-state index in [4.69, 9.17) is 5.11 Å². The van der Waals surface area contributed by atoms with Crippen LogP contribution < -0.4 is 4.90 Å². The van der Waals surface area contributed by atoms with E-state index >= 15 is 0 Å². The van der Waals surface area contributed by atoms with Crippen molar-refractivity contribution in [2.45, 2.75) is 26.3 Å². The zero-order valence-electron chi connectivity index (χ0n) is 10.6. The van der Waals surface area contributed by atoms with Crippen molar-refractivity contribution in [1.29, 1.82) is 0 Å². The van der Waals surface area contributed by atoms with Gasteiger partial charge in [0, 0.05) is 24.8 Å². The summed E-state index contributed by atoms with van der Waals surface area (Å²) in [5, 5.41) is 19.7. The van der Waals surface area contributed by atoms with Crippen LogP contribution in [-0.2, 0) is 0 Å². The van der Waals surface area contributed by atoms with E-state index in [2.05, 4.69) is 0 Å². The Balaban J connectivity index is 3.23. The summed E-state index contributed by atoms with van der Waals surface area (Å²) in [6, 6.07) is 4.37. The first kappa shape index (κ1) is 14.0. The van der Waals surface area contributed by atoms with Crippen LogP contribution in [0.4, 0.5) is 11.4 Å². The first-order valence-electron chi connectivity index (χ1n) is 5.63. The molecule has 1 unspecified atom stereocenters. The normalized spacial score (nSPS) is 11.9. The topological polar surface area (TPSA) is 83.7 Å². The number of nitrogens with zero attached hydrogens (tertiary/aromatic N) is 2. The third kappa shape index (κ3) is 2.77. The molecule has 0 bridgehead atoms. The highest BCUT2D eigenvalue weighted by Gasteiger charge is 2.21. The van der Waals surface area contributed by atoms with E-state index in [0.29, 0.717) is 5.69 Å². The Kier molecular flexibility index (Phi) is 4.25. The van der Waals surface area contributed by atoms with Gasteiger partial charge in [-0.25, -0.2) is 4.79 Å². The first-order valence-corrected chi connectivity index (χ1v) is 5.63. The maximum Gasteiger partial charge on any atom is 0.342 e. The van der Waals surface area contributed by atoms with Gasteiger partial charge in [-0.15, -0.1) is 0 Å². The molecule has 0 amide bonds. The van der Waals surface area contributed by atoms with Crippen LogP contribution in [0.5, 0.6) is 0 Å². The number of carboxylic acid groups (broad SMARTS) is 1. The van der Waals surface area contributed by atoms with Crippen molar-refractivity contribution in [1.82, 2.24) is 0 Å². The van der Waals surface area contributed by atoms with Gasteiger partial charge in [-0.3, -0.25) is 10.1 Å². The van der Waals surface area contributed by atoms with Gasteiger partial charge >= 0.3 is 5.97 Å². The highest BCUT2D eigenvalue weighted by molar-refractivity contribution is 5.93. The monoisotopic (exact) mass is 252 g/mol. The largest absolute Gasteiger partial charge is 0.477 e. The van der Waals surface area contributed by atoms with Crippen molar-refractivity contribution in [3.05, 3.63) is 33.9 Å². The Bertz CT molecular complexity index is 473. The second-order valence-electron chi connectivity index (χ2n) is 4.13. The maximum atomic E-state index is 11.0. The maximum absolute atomic E-state index is 11.0. The lowest BCUT2D eigenvalue weighted by molar-refractivity contribution is -0.385. The summed E-state index contributed by atoms with van der Waals surface area (Å²) < 4.78 is 0. The van der Waals surface area contributed by atoms with E-state index in [-0.39, 0.29) is 17.3 Å². The van der Waals surface area contributed by atoms with Crippen molar-refractivity contribution in [2.75, 3.05) is 11.9 Å². The van der Waals surface area contributed by atoms with Crippen molar-refractivity contribution in [3.8, 4) is 0 Å². The van der Waals surface area contributed by atoms with Gasteiger partial charge in [0.1, 0.15) is 5.56 Å². The number of rotatable bonds is 5. The van der Waals surface area contributed by atoms with Crippen LogP contribution in [-0.4, -0.2) is 29.1 Å². The SMILES string of the molecule is CCC(C)N(C)c1ccc([N+](=O)[O-])c(C(=O)O)c1. The van der Waals surface area contributed by atoms with Gasteiger partial charge in [-0.2, -0.15) is 0 Å². The molecule has 0 spiro atoms. The second kappa shape index (κ2) is 5.48. The van der Waals surface area contributed by atoms with Gasteiger partial charge < -0.3 is 10.0 Å². The fraction of sp³-hybridized carbons (Fsp3) is 0.417. The standard InChI is InChI=1S/C12H16N2O4/c1-4-8(2)13(3)9-5-6-11(14(17)18)10(7-9)12(15)16/h5-8H,4H2,1-3H3,(H,15,16). The molecule has 1 aromatic rings. The summed E-state index contributed by atoms with van der Waals surface area (Å²) in [6.07, 6.45) is 0.899. The van der Waals surface area contributed by atoms with Crippen molar-refractivity contribution in [3.63, 3.8) is 0 Å². The molecular formula is C12H16N2O4. The van der Waals surface area contributed by atoms with E-state index < -0.39 is 10.9 Å². The van der Waals surface area contributed by atoms with Crippen LogP contribution in [0, 0.1) is 10.1 Å². The average Bonchev–Trinajstić information content (AvgIpc) is 2.35. The Hall–Kier alpha value is -2.11. The van der Waals surface area contributed by atoms with E-state index in [0.717, 1.165) is 6.42 Å². The van der Waals surface area contributed by atoms with Gasteiger partial charge in [0.05, 0.1) is 4.92 Å². The summed E-state index contributed by atoms with van der Waals surface area (Å²) in [5.41, 5.74) is -0.0104. The number of nitro benzene ring substituents is 1. The van der Waals surface area contributed by atoms with E-state index in [1.54, 1.807) is 6.07 Å². The zero-order valence-corrected chi connectivity index (χ0v) is 10.6. The molecular weight excluding hydrogens is 236 g/mol. The van der Waals surface area contributed by atoms with Gasteiger partial charge in [-0.05, 0) is 25.5 Å². The van der Waals surface area contributed by atoms with Crippen LogP contribution in [0.25, 0.3) is 0 Å². The van der Waals surface area contributed by atoms with Crippen LogP contribution in [0.15, 0.2) is 18.2 Å². The molecule has 0 fully saturated rings. The van der Waals surface area contributed by atoms with E-state index in [1.807, 2.05) is 25.8 Å². The van der Waals surface area contributed by atoms with E-state index in [9.17, 15) is 14.9 Å². The van der Waals surface area contributed by atoms with Crippen LogP contribution in [0.1, 0.15) is 30.6 Å². The van der Waals surface area contributed by atoms with Crippen molar-refractivity contribution >= 4 is 17.3 Å². The fourth-order valence-electron chi connectivity index (χ4n) is 1.60. The van der Waals surface area contributed by atoms with Gasteiger partial charge in [-0.1, -0.05) is 6.92 Å². The number of benzene rings is 1. The molecule has 6 heteroatoms. The molecule has 98 valence electrons. The summed E-state index contributed by atoms with van der Waals surface area (Å²) in [4.78, 5) is 23.0. The number of hydrogen-bond donors (Lipinski definition) is 1. The molecule has 0 saturated heterocycles. The third-order valence-electron chi connectivity index (χ3n) is 3.07. The van der Waals surface area contributed by atoms with Crippen LogP contribution >= 0.6 is 0 Å². The Morgan fingerprint density at radius 1 is 1.56 bits per heavy atom. The van der Waals surface area contributed by atoms with Gasteiger partial charge in [0.25, 0.3) is 5.69 Å². The molecule has 0 aliphatic carbocycles. The average molecular weight is 252 g/mol. The summed E-state index contributed by atoms with van der Waals surface area (Å²) >= 11 is 0. The lowest BCUT2D eigenvalue weighted by atomic mass is 10.1. The number of nitro groups is 1. The lowest BCUT2D eigenvalue weighted by Gasteiger charge is -2.26. The van der Waals surface area contributed by atoms with Gasteiger partial charge in [0.15, 0.2) is 0 Å². The number of anilines is 1. The van der Waals surface area contributed by atoms with Crippen molar-refractivity contribution in [2.24, 2.45) is 0 Å². The highest BCUT2D eigenvalue weighted by Crippen LogP contribution is 2.25. The molecule has 1 atom stereocenters. The molecule has 1 N–H and O–H groups in total. The lowest BCUT2D eigenvalue weighted by Crippen LogP contribution is -2.28. The molecule has 0 aliphatic heterocycles. The Labute approximate surface area is 105 Å². The number of aromatic carboxylic acids is 1. The molecule has 18 heavy (non-hydrogen) atoms. The Morgan fingerprint density at radius 2 is 2.17 bits per heavy atom. The second-order valence-corrected chi connectivity index (χ2v) is 4.13. The number of carbonyl (C=O) groups is 1. The van der Waals surface area contributed by atoms with E-state index in [1.165, 1.54) is 12.1 Å². The third-order valence-corrected chi connectivity index (χ3v) is 3.07. The van der Waals surface area contributed by atoms with Gasteiger partial charge in [0.2, 0.25) is 0 Å². The predicted octanol–water partition coefficient (Wildman–Crippen LogP) is 2.53. The van der Waals surface area contributed by atoms with Crippen molar-refractivity contribution < 1.29 is 14.8 Å². The number of carboxylic acids is 1. The van der Waals surface area contributed by atoms with Crippen LogP contribution in [0.3, 0.4) is 0 Å². The molecule has 6 nitrogen and oxygen atoms in total. The summed E-state index contributed by atoms with van der Waals surface area (Å²) in [6.45, 7) is 4.02. The quantitative estimate of drug-likeness (QED) is 0.643. The predicted molar refractivity (Wildman–Crippen MR) is 68.2 cm³/mol. The summed E-state index contributed by atoms with van der Waals surface area (Å²) in [5.74, 6) is -1.29. The molecule has 0 saturated carbocycles. The fourth-order valence-corrected chi connectivity index (χ4v) is 1.60. The minimum Gasteiger partial charge on any atom is -0.477 e. The summed E-state index contributed by atoms with van der Waals surface area (Å²) in [7, 11) is 1.83. The first-order chi connectivity index (χ1) is 8.38. The minimum atomic E-state index is -1.29. The highest BCUT2D eigenvalue weighted by atomic mass is 16.6. The Morgan fingerprint density at radius 3 is 2.61 bits per heavy atom. The zero-order chi connectivity index (χ0) is 13.9. The molecule has 0 aromatic heterocycles. The minimum absolute atomic E-state index is 0.230. The number of hydrogen-bond acceptors (Lipinski definition) is 4. The molecule has 1 aromatic carbocycles.